The zero-order chi connectivity index (χ0) is 14.9. The fraction of sp³-hybridized carbons (Fsp3) is 0.533. The molecule has 1 aromatic carbocycles. The number of hydrogen-bond donors (Lipinski definition) is 0. The highest BCUT2D eigenvalue weighted by Crippen LogP contribution is 2.38. The van der Waals surface area contributed by atoms with Crippen LogP contribution in [0.25, 0.3) is 0 Å². The lowest BCUT2D eigenvalue weighted by molar-refractivity contribution is -0.000666. The number of alkyl halides is 1. The van der Waals surface area contributed by atoms with E-state index in [1.54, 1.807) is 4.90 Å². The van der Waals surface area contributed by atoms with E-state index < -0.39 is 5.60 Å². The second-order valence-electron chi connectivity index (χ2n) is 6.10. The van der Waals surface area contributed by atoms with Crippen molar-refractivity contribution in [3.63, 3.8) is 0 Å². The standard InChI is InChI=1S/C15H19ClINO2/c1-15(2,3)20-14(19)18-8-11(9-18)13(17)10-4-6-12(16)7-5-10/h4-7,11,13H,8-9H2,1-3H3. The molecule has 1 fully saturated rings. The number of carbonyl (C=O) groups is 1. The molecule has 0 saturated carbocycles. The zero-order valence-corrected chi connectivity index (χ0v) is 14.8. The van der Waals surface area contributed by atoms with Crippen LogP contribution in [0.5, 0.6) is 0 Å². The van der Waals surface area contributed by atoms with Crippen LogP contribution >= 0.6 is 34.2 Å². The van der Waals surface area contributed by atoms with E-state index in [-0.39, 0.29) is 6.09 Å². The van der Waals surface area contributed by atoms with Gasteiger partial charge in [0.1, 0.15) is 5.60 Å². The second kappa shape index (κ2) is 6.10. The number of likely N-dealkylation sites (tertiary alicyclic amines) is 1. The van der Waals surface area contributed by atoms with Gasteiger partial charge in [-0.2, -0.15) is 0 Å². The van der Waals surface area contributed by atoms with Crippen molar-refractivity contribution in [2.24, 2.45) is 5.92 Å². The summed E-state index contributed by atoms with van der Waals surface area (Å²) in [5.74, 6) is 0.476. The first-order chi connectivity index (χ1) is 9.26. The minimum atomic E-state index is -0.428. The maximum absolute atomic E-state index is 11.9. The highest BCUT2D eigenvalue weighted by molar-refractivity contribution is 14.1. The number of ether oxygens (including phenoxy) is 1. The molecular weight excluding hydrogens is 389 g/mol. The van der Waals surface area contributed by atoms with Crippen molar-refractivity contribution in [3.05, 3.63) is 34.9 Å². The van der Waals surface area contributed by atoms with Gasteiger partial charge in [0.15, 0.2) is 0 Å². The van der Waals surface area contributed by atoms with Crippen molar-refractivity contribution in [3.8, 4) is 0 Å². The quantitative estimate of drug-likeness (QED) is 0.526. The smallest absolute Gasteiger partial charge is 0.410 e. The first-order valence-corrected chi connectivity index (χ1v) is 8.26. The Labute approximate surface area is 138 Å². The molecule has 1 atom stereocenters. The molecular formula is C15H19ClINO2. The molecule has 0 radical (unpaired) electrons. The molecule has 20 heavy (non-hydrogen) atoms. The van der Waals surface area contributed by atoms with Crippen LogP contribution in [-0.4, -0.2) is 29.7 Å². The largest absolute Gasteiger partial charge is 0.444 e. The number of rotatable bonds is 2. The third kappa shape index (κ3) is 4.01. The summed E-state index contributed by atoms with van der Waals surface area (Å²) in [6.45, 7) is 7.17. The molecule has 5 heteroatoms. The lowest BCUT2D eigenvalue weighted by Crippen LogP contribution is -2.52. The fourth-order valence-electron chi connectivity index (χ4n) is 2.09. The van der Waals surface area contributed by atoms with E-state index in [0.717, 1.165) is 18.1 Å². The van der Waals surface area contributed by atoms with Gasteiger partial charge < -0.3 is 9.64 Å². The number of benzene rings is 1. The molecule has 1 heterocycles. The van der Waals surface area contributed by atoms with E-state index in [2.05, 4.69) is 34.7 Å². The molecule has 0 N–H and O–H groups in total. The fourth-order valence-corrected chi connectivity index (χ4v) is 3.09. The number of carbonyl (C=O) groups excluding carboxylic acids is 1. The number of halogens is 2. The number of hydrogen-bond acceptors (Lipinski definition) is 2. The molecule has 1 amide bonds. The molecule has 0 bridgehead atoms. The molecule has 0 aromatic heterocycles. The van der Waals surface area contributed by atoms with Gasteiger partial charge in [-0.05, 0) is 38.5 Å². The van der Waals surface area contributed by atoms with Crippen molar-refractivity contribution in [1.82, 2.24) is 4.90 Å². The Morgan fingerprint density at radius 1 is 1.35 bits per heavy atom. The van der Waals surface area contributed by atoms with Gasteiger partial charge in [-0.1, -0.05) is 46.3 Å². The predicted octanol–water partition coefficient (Wildman–Crippen LogP) is 4.68. The Balaban J connectivity index is 1.87. The maximum Gasteiger partial charge on any atom is 0.410 e. The summed E-state index contributed by atoms with van der Waals surface area (Å²) < 4.78 is 5.75. The summed E-state index contributed by atoms with van der Waals surface area (Å²) in [5.41, 5.74) is 0.825. The van der Waals surface area contributed by atoms with Crippen molar-refractivity contribution >= 4 is 40.3 Å². The van der Waals surface area contributed by atoms with Crippen LogP contribution in [0, 0.1) is 5.92 Å². The highest BCUT2D eigenvalue weighted by atomic mass is 127. The van der Waals surface area contributed by atoms with Gasteiger partial charge in [-0.25, -0.2) is 4.79 Å². The molecule has 1 aromatic rings. The topological polar surface area (TPSA) is 29.5 Å². The molecule has 0 aliphatic carbocycles. The van der Waals surface area contributed by atoms with E-state index in [0.29, 0.717) is 9.84 Å². The highest BCUT2D eigenvalue weighted by Gasteiger charge is 2.37. The minimum Gasteiger partial charge on any atom is -0.444 e. The van der Waals surface area contributed by atoms with E-state index in [1.807, 2.05) is 32.9 Å². The molecule has 1 aliphatic rings. The number of amides is 1. The van der Waals surface area contributed by atoms with Gasteiger partial charge >= 0.3 is 6.09 Å². The average Bonchev–Trinajstić information content (AvgIpc) is 2.25. The molecule has 1 unspecified atom stereocenters. The van der Waals surface area contributed by atoms with E-state index in [4.69, 9.17) is 16.3 Å². The van der Waals surface area contributed by atoms with E-state index >= 15 is 0 Å². The Morgan fingerprint density at radius 3 is 2.40 bits per heavy atom. The lowest BCUT2D eigenvalue weighted by Gasteiger charge is -2.42. The Kier molecular flexibility index (Phi) is 4.84. The summed E-state index contributed by atoms with van der Waals surface area (Å²) in [7, 11) is 0. The summed E-state index contributed by atoms with van der Waals surface area (Å²) in [4.78, 5) is 13.6. The molecule has 1 saturated heterocycles. The third-order valence-electron chi connectivity index (χ3n) is 3.16. The Morgan fingerprint density at radius 2 is 1.90 bits per heavy atom. The minimum absolute atomic E-state index is 0.214. The SMILES string of the molecule is CC(C)(C)OC(=O)N1CC(C(I)c2ccc(Cl)cc2)C1. The van der Waals surface area contributed by atoms with Crippen LogP contribution in [0.15, 0.2) is 24.3 Å². The molecule has 2 rings (SSSR count). The molecule has 1 aliphatic heterocycles. The molecule has 110 valence electrons. The van der Waals surface area contributed by atoms with Gasteiger partial charge in [0, 0.05) is 28.0 Å². The zero-order valence-electron chi connectivity index (χ0n) is 11.9. The lowest BCUT2D eigenvalue weighted by atomic mass is 9.92. The van der Waals surface area contributed by atoms with Crippen LogP contribution in [-0.2, 0) is 4.74 Å². The molecule has 3 nitrogen and oxygen atoms in total. The van der Waals surface area contributed by atoms with Gasteiger partial charge in [0.05, 0.1) is 0 Å². The first kappa shape index (κ1) is 15.9. The Hall–Kier alpha value is -0.490. The summed E-state index contributed by atoms with van der Waals surface area (Å²) >= 11 is 8.33. The molecule has 0 spiro atoms. The summed E-state index contributed by atoms with van der Waals surface area (Å²) in [6, 6.07) is 7.92. The third-order valence-corrected chi connectivity index (χ3v) is 5.15. The summed E-state index contributed by atoms with van der Waals surface area (Å²) in [5, 5.41) is 0.751. The van der Waals surface area contributed by atoms with Crippen molar-refractivity contribution in [1.29, 1.82) is 0 Å². The van der Waals surface area contributed by atoms with Crippen molar-refractivity contribution in [2.75, 3.05) is 13.1 Å². The normalized spacial score (nSPS) is 17.6. The van der Waals surface area contributed by atoms with E-state index in [1.165, 1.54) is 5.56 Å². The first-order valence-electron chi connectivity index (χ1n) is 6.64. The number of nitrogens with zero attached hydrogens (tertiary/aromatic N) is 1. The average molecular weight is 408 g/mol. The van der Waals surface area contributed by atoms with Gasteiger partial charge in [0.2, 0.25) is 0 Å². The van der Waals surface area contributed by atoms with Crippen LogP contribution in [0.2, 0.25) is 5.02 Å². The van der Waals surface area contributed by atoms with Crippen LogP contribution in [0.4, 0.5) is 4.79 Å². The Bertz CT molecular complexity index is 478. The van der Waals surface area contributed by atoms with Crippen molar-refractivity contribution < 1.29 is 9.53 Å². The van der Waals surface area contributed by atoms with Crippen LogP contribution in [0.1, 0.15) is 30.3 Å². The van der Waals surface area contributed by atoms with Crippen molar-refractivity contribution in [2.45, 2.75) is 30.3 Å². The monoisotopic (exact) mass is 407 g/mol. The van der Waals surface area contributed by atoms with Gasteiger partial charge in [-0.3, -0.25) is 0 Å². The predicted molar refractivity (Wildman–Crippen MR) is 89.5 cm³/mol. The second-order valence-corrected chi connectivity index (χ2v) is 7.88. The van der Waals surface area contributed by atoms with E-state index in [9.17, 15) is 4.79 Å². The maximum atomic E-state index is 11.9. The van der Waals surface area contributed by atoms with Crippen LogP contribution < -0.4 is 0 Å². The van der Waals surface area contributed by atoms with Gasteiger partial charge in [-0.15, -0.1) is 0 Å². The van der Waals surface area contributed by atoms with Gasteiger partial charge in [0.25, 0.3) is 0 Å². The van der Waals surface area contributed by atoms with Crippen LogP contribution in [0.3, 0.4) is 0 Å². The summed E-state index contributed by atoms with van der Waals surface area (Å²) in [6.07, 6.45) is -0.214.